The van der Waals surface area contributed by atoms with E-state index in [0.717, 1.165) is 12.8 Å². The number of amides is 1. The number of carbonyl (C=O) groups is 1. The summed E-state index contributed by atoms with van der Waals surface area (Å²) in [7, 11) is 0. The van der Waals surface area contributed by atoms with Crippen LogP contribution >= 0.6 is 11.6 Å². The molecule has 1 rings (SSSR count). The molecule has 0 bridgehead atoms. The maximum absolute atomic E-state index is 12.1. The third-order valence-electron chi connectivity index (χ3n) is 2.45. The molecule has 0 heterocycles. The highest BCUT2D eigenvalue weighted by molar-refractivity contribution is 6.34. The Kier molecular flexibility index (Phi) is 7.09. The average molecular weight is 297 g/mol. The maximum Gasteiger partial charge on any atom is 0.291 e. The highest BCUT2D eigenvalue weighted by Gasteiger charge is 2.13. The van der Waals surface area contributed by atoms with E-state index in [9.17, 15) is 4.79 Å². The minimum Gasteiger partial charge on any atom is -0.462 e. The summed E-state index contributed by atoms with van der Waals surface area (Å²) in [6.45, 7) is 6.48. The number of rotatable bonds is 5. The number of halogens is 1. The molecule has 0 aliphatic rings. The van der Waals surface area contributed by atoms with E-state index >= 15 is 0 Å². The minimum atomic E-state index is -0.313. The second kappa shape index (κ2) is 8.59. The number of benzene rings is 1. The van der Waals surface area contributed by atoms with E-state index in [0.29, 0.717) is 17.1 Å². The third kappa shape index (κ3) is 5.61. The second-order valence-electron chi connectivity index (χ2n) is 4.64. The number of nitrogens with one attached hydrogen (secondary N) is 1. The lowest BCUT2D eigenvalue weighted by molar-refractivity contribution is 0.0960. The van der Waals surface area contributed by atoms with Crippen LogP contribution in [0, 0.1) is 0 Å². The van der Waals surface area contributed by atoms with Crippen molar-refractivity contribution in [3.8, 4) is 0 Å². The van der Waals surface area contributed by atoms with Gasteiger partial charge >= 0.3 is 0 Å². The van der Waals surface area contributed by atoms with Gasteiger partial charge in [-0.25, -0.2) is 4.99 Å². The summed E-state index contributed by atoms with van der Waals surface area (Å²) in [5, 5.41) is 3.07. The predicted molar refractivity (Wildman–Crippen MR) is 82.3 cm³/mol. The molecule has 0 spiro atoms. The molecule has 0 saturated heterocycles. The molecule has 0 aliphatic heterocycles. The van der Waals surface area contributed by atoms with Crippen molar-refractivity contribution in [2.45, 2.75) is 39.7 Å². The molecule has 0 unspecified atom stereocenters. The van der Waals surface area contributed by atoms with Gasteiger partial charge in [0.15, 0.2) is 0 Å². The Hall–Kier alpha value is -1.55. The second-order valence-corrected chi connectivity index (χ2v) is 5.05. The molecular weight excluding hydrogens is 276 g/mol. The molecule has 1 aromatic rings. The number of amidine groups is 1. The Morgan fingerprint density at radius 3 is 2.70 bits per heavy atom. The number of ether oxygens (including phenoxy) is 1. The number of unbranched alkanes of at least 4 members (excludes halogenated alkanes) is 1. The van der Waals surface area contributed by atoms with Crippen LogP contribution in [0.4, 0.5) is 0 Å². The molecule has 0 atom stereocenters. The van der Waals surface area contributed by atoms with Crippen LogP contribution in [0.15, 0.2) is 29.3 Å². The van der Waals surface area contributed by atoms with Crippen LogP contribution in [0.1, 0.15) is 44.0 Å². The molecule has 4 nitrogen and oxygen atoms in total. The van der Waals surface area contributed by atoms with Crippen molar-refractivity contribution in [3.63, 3.8) is 0 Å². The van der Waals surface area contributed by atoms with Gasteiger partial charge in [-0.05, 0) is 32.4 Å². The Morgan fingerprint density at radius 1 is 1.40 bits per heavy atom. The first kappa shape index (κ1) is 16.5. The lowest BCUT2D eigenvalue weighted by Crippen LogP contribution is -2.34. The molecule has 0 aromatic heterocycles. The lowest BCUT2D eigenvalue weighted by atomic mass is 10.2. The van der Waals surface area contributed by atoms with Crippen molar-refractivity contribution in [3.05, 3.63) is 34.9 Å². The van der Waals surface area contributed by atoms with E-state index in [2.05, 4.69) is 17.2 Å². The zero-order chi connectivity index (χ0) is 15.0. The number of hydrogen-bond donors (Lipinski definition) is 1. The van der Waals surface area contributed by atoms with Crippen LogP contribution in [0.5, 0.6) is 0 Å². The van der Waals surface area contributed by atoms with Gasteiger partial charge in [-0.1, -0.05) is 37.1 Å². The third-order valence-corrected chi connectivity index (χ3v) is 2.78. The van der Waals surface area contributed by atoms with Crippen LogP contribution < -0.4 is 5.32 Å². The van der Waals surface area contributed by atoms with Gasteiger partial charge in [0.25, 0.3) is 11.9 Å². The van der Waals surface area contributed by atoms with Gasteiger partial charge in [0, 0.05) is 6.54 Å². The van der Waals surface area contributed by atoms with Crippen molar-refractivity contribution < 1.29 is 9.53 Å². The van der Waals surface area contributed by atoms with Crippen molar-refractivity contribution in [2.75, 3.05) is 6.54 Å². The topological polar surface area (TPSA) is 50.7 Å². The molecule has 110 valence electrons. The van der Waals surface area contributed by atoms with Gasteiger partial charge < -0.3 is 4.74 Å². The monoisotopic (exact) mass is 296 g/mol. The van der Waals surface area contributed by atoms with Crippen LogP contribution in [0.3, 0.4) is 0 Å². The summed E-state index contributed by atoms with van der Waals surface area (Å²) in [4.78, 5) is 16.4. The Balaban J connectivity index is 2.76. The molecule has 0 fully saturated rings. The summed E-state index contributed by atoms with van der Waals surface area (Å²) < 4.78 is 5.50. The van der Waals surface area contributed by atoms with Crippen molar-refractivity contribution in [2.24, 2.45) is 4.99 Å². The van der Waals surface area contributed by atoms with E-state index in [-0.39, 0.29) is 18.0 Å². The number of carbonyl (C=O) groups excluding carboxylic acids is 1. The zero-order valence-electron chi connectivity index (χ0n) is 12.1. The highest BCUT2D eigenvalue weighted by atomic mass is 35.5. The molecule has 1 amide bonds. The standard InChI is InChI=1S/C15H21ClN2O2/c1-4-5-10-17-15(20-11(2)3)18-14(19)12-8-6-7-9-13(12)16/h6-9,11H,4-5,10H2,1-3H3,(H,17,18,19). The number of aliphatic imine (C=N–C) groups is 1. The molecule has 1 N–H and O–H groups in total. The fraction of sp³-hybridized carbons (Fsp3) is 0.467. The summed E-state index contributed by atoms with van der Waals surface area (Å²) in [6, 6.07) is 7.13. The van der Waals surface area contributed by atoms with Crippen LogP contribution in [0.25, 0.3) is 0 Å². The van der Waals surface area contributed by atoms with Gasteiger partial charge in [-0.15, -0.1) is 0 Å². The largest absolute Gasteiger partial charge is 0.462 e. The van der Waals surface area contributed by atoms with E-state index in [1.165, 1.54) is 0 Å². The van der Waals surface area contributed by atoms with Crippen molar-refractivity contribution >= 4 is 23.5 Å². The summed E-state index contributed by atoms with van der Waals surface area (Å²) in [5.74, 6) is -0.313. The van der Waals surface area contributed by atoms with Crippen molar-refractivity contribution in [1.82, 2.24) is 5.32 Å². The quantitative estimate of drug-likeness (QED) is 0.512. The van der Waals surface area contributed by atoms with E-state index in [1.807, 2.05) is 13.8 Å². The fourth-order valence-electron chi connectivity index (χ4n) is 1.48. The Labute approximate surface area is 125 Å². The van der Waals surface area contributed by atoms with Gasteiger partial charge in [0.05, 0.1) is 16.7 Å². The minimum absolute atomic E-state index is 0.0538. The molecular formula is C15H21ClN2O2. The zero-order valence-corrected chi connectivity index (χ0v) is 12.9. The fourth-order valence-corrected chi connectivity index (χ4v) is 1.70. The van der Waals surface area contributed by atoms with Crippen LogP contribution in [-0.2, 0) is 4.74 Å². The van der Waals surface area contributed by atoms with E-state index in [4.69, 9.17) is 16.3 Å². The van der Waals surface area contributed by atoms with Gasteiger partial charge in [0.1, 0.15) is 0 Å². The van der Waals surface area contributed by atoms with Crippen LogP contribution in [-0.4, -0.2) is 24.6 Å². The first-order valence-corrected chi connectivity index (χ1v) is 7.19. The smallest absolute Gasteiger partial charge is 0.291 e. The number of hydrogen-bond acceptors (Lipinski definition) is 3. The predicted octanol–water partition coefficient (Wildman–Crippen LogP) is 3.65. The van der Waals surface area contributed by atoms with Gasteiger partial charge in [-0.2, -0.15) is 0 Å². The number of nitrogens with zero attached hydrogens (tertiary/aromatic N) is 1. The molecule has 0 radical (unpaired) electrons. The molecule has 0 saturated carbocycles. The SMILES string of the molecule is CCCCN=C(NC(=O)c1ccccc1Cl)OC(C)C. The van der Waals surface area contributed by atoms with Gasteiger partial charge in [-0.3, -0.25) is 10.1 Å². The molecule has 5 heteroatoms. The molecule has 20 heavy (non-hydrogen) atoms. The Morgan fingerprint density at radius 2 is 2.10 bits per heavy atom. The van der Waals surface area contributed by atoms with Gasteiger partial charge in [0.2, 0.25) is 0 Å². The molecule has 0 aliphatic carbocycles. The first-order chi connectivity index (χ1) is 9.54. The molecule has 1 aromatic carbocycles. The normalized spacial score (nSPS) is 11.6. The summed E-state index contributed by atoms with van der Waals surface area (Å²) >= 11 is 5.99. The van der Waals surface area contributed by atoms with E-state index in [1.54, 1.807) is 24.3 Å². The lowest BCUT2D eigenvalue weighted by Gasteiger charge is -2.13. The maximum atomic E-state index is 12.1. The summed E-state index contributed by atoms with van der Waals surface area (Å²) in [5.41, 5.74) is 0.407. The highest BCUT2D eigenvalue weighted by Crippen LogP contribution is 2.14. The van der Waals surface area contributed by atoms with E-state index < -0.39 is 0 Å². The summed E-state index contributed by atoms with van der Waals surface area (Å²) in [6.07, 6.45) is 1.94. The first-order valence-electron chi connectivity index (χ1n) is 6.81. The Bertz CT molecular complexity index is 473. The van der Waals surface area contributed by atoms with Crippen molar-refractivity contribution in [1.29, 1.82) is 0 Å². The van der Waals surface area contributed by atoms with Crippen LogP contribution in [0.2, 0.25) is 5.02 Å². The average Bonchev–Trinajstić information content (AvgIpc) is 2.38.